The number of hydrogen-bond acceptors (Lipinski definition) is 8. The molecule has 1 saturated heterocycles. The highest BCUT2D eigenvalue weighted by molar-refractivity contribution is 8.16. The Morgan fingerprint density at radius 3 is 2.44 bits per heavy atom. The van der Waals surface area contributed by atoms with Crippen molar-refractivity contribution in [1.82, 2.24) is 9.80 Å². The Bertz CT molecular complexity index is 1230. The predicted octanol–water partition coefficient (Wildman–Crippen LogP) is 5.04. The lowest BCUT2D eigenvalue weighted by atomic mass is 9.93. The summed E-state index contributed by atoms with van der Waals surface area (Å²) < 4.78 is 50.2. The number of amidine groups is 1. The first-order valence-electron chi connectivity index (χ1n) is 12.8. The van der Waals surface area contributed by atoms with Gasteiger partial charge in [0.2, 0.25) is 5.91 Å². The van der Waals surface area contributed by atoms with E-state index in [-0.39, 0.29) is 49.5 Å². The maximum absolute atomic E-state index is 13.4. The zero-order valence-corrected chi connectivity index (χ0v) is 22.7. The van der Waals surface area contributed by atoms with Gasteiger partial charge in [-0.3, -0.25) is 9.59 Å². The molecule has 0 aromatic heterocycles. The number of likely N-dealkylation sites (tertiary alicyclic amines) is 1. The second-order valence-corrected chi connectivity index (χ2v) is 10.2. The molecule has 12 heteroatoms. The van der Waals surface area contributed by atoms with Crippen LogP contribution in [0.5, 0.6) is 0 Å². The molecule has 4 rings (SSSR count). The number of amides is 1. The zero-order valence-electron chi connectivity index (χ0n) is 21.9. The summed E-state index contributed by atoms with van der Waals surface area (Å²) in [7, 11) is 0. The summed E-state index contributed by atoms with van der Waals surface area (Å²) in [6.07, 6.45) is -3.23. The minimum absolute atomic E-state index is 0.0339. The monoisotopic (exact) mass is 565 g/mol. The average Bonchev–Trinajstić information content (AvgIpc) is 3.29. The van der Waals surface area contributed by atoms with E-state index in [4.69, 9.17) is 9.47 Å². The average molecular weight is 566 g/mol. The van der Waals surface area contributed by atoms with Gasteiger partial charge in [-0.15, -0.1) is 0 Å². The summed E-state index contributed by atoms with van der Waals surface area (Å²) in [5.41, 5.74) is 0.769. The topological polar surface area (TPSA) is 88.5 Å². The lowest BCUT2D eigenvalue weighted by molar-refractivity contribution is -0.151. The fourth-order valence-corrected chi connectivity index (χ4v) is 5.90. The normalized spacial score (nSPS) is 21.3. The number of esters is 2. The number of carbonyl (C=O) groups is 3. The van der Waals surface area contributed by atoms with E-state index in [1.165, 1.54) is 23.9 Å². The molecule has 1 aromatic rings. The number of ether oxygens (including phenoxy) is 2. The van der Waals surface area contributed by atoms with Crippen LogP contribution in [-0.4, -0.2) is 59.1 Å². The molecular weight excluding hydrogens is 535 g/mol. The molecule has 0 saturated carbocycles. The van der Waals surface area contributed by atoms with Crippen molar-refractivity contribution in [2.75, 3.05) is 26.3 Å². The highest BCUT2D eigenvalue weighted by atomic mass is 32.2. The maximum Gasteiger partial charge on any atom is 0.416 e. The molecule has 3 aliphatic heterocycles. The molecule has 0 N–H and O–H groups in total. The van der Waals surface area contributed by atoms with Gasteiger partial charge in [0.1, 0.15) is 0 Å². The molecule has 3 heterocycles. The number of piperidine rings is 1. The van der Waals surface area contributed by atoms with Gasteiger partial charge in [0.25, 0.3) is 0 Å². The molecule has 0 unspecified atom stereocenters. The van der Waals surface area contributed by atoms with Crippen LogP contribution >= 0.6 is 11.8 Å². The molecule has 39 heavy (non-hydrogen) atoms. The van der Waals surface area contributed by atoms with Crippen LogP contribution in [0.25, 0.3) is 0 Å². The van der Waals surface area contributed by atoms with E-state index in [2.05, 4.69) is 4.99 Å². The summed E-state index contributed by atoms with van der Waals surface area (Å²) in [4.78, 5) is 46.6. The number of allylic oxidation sites excluding steroid dienone is 1. The smallest absolute Gasteiger partial charge is 0.416 e. The van der Waals surface area contributed by atoms with Crippen molar-refractivity contribution in [1.29, 1.82) is 0 Å². The second-order valence-electron chi connectivity index (χ2n) is 9.34. The van der Waals surface area contributed by atoms with E-state index in [1.807, 2.05) is 0 Å². The van der Waals surface area contributed by atoms with E-state index >= 15 is 0 Å². The van der Waals surface area contributed by atoms with Gasteiger partial charge in [0, 0.05) is 18.8 Å². The Balaban J connectivity index is 1.63. The van der Waals surface area contributed by atoms with Gasteiger partial charge in [-0.1, -0.05) is 23.9 Å². The zero-order chi connectivity index (χ0) is 28.3. The first kappa shape index (κ1) is 28.7. The van der Waals surface area contributed by atoms with Crippen LogP contribution in [0.4, 0.5) is 13.2 Å². The van der Waals surface area contributed by atoms with Gasteiger partial charge in [0.05, 0.1) is 48.4 Å². The SMILES string of the molecule is CCOC(=O)C1=C(C)N=C2SC=C(CC(=O)N3CCC[C@H](C(=O)OCC)C3)N2[C@H]1c1ccc(C(F)(F)F)cc1. The van der Waals surface area contributed by atoms with Gasteiger partial charge < -0.3 is 19.3 Å². The lowest BCUT2D eigenvalue weighted by Gasteiger charge is -2.37. The Morgan fingerprint density at radius 2 is 1.79 bits per heavy atom. The van der Waals surface area contributed by atoms with Crippen molar-refractivity contribution in [2.45, 2.75) is 52.3 Å². The van der Waals surface area contributed by atoms with Crippen molar-refractivity contribution < 1.29 is 37.0 Å². The quantitative estimate of drug-likeness (QED) is 0.428. The molecule has 1 aromatic carbocycles. The number of fused-ring (bicyclic) bond motifs is 1. The summed E-state index contributed by atoms with van der Waals surface area (Å²) in [6, 6.07) is 3.78. The third-order valence-corrected chi connectivity index (χ3v) is 7.66. The van der Waals surface area contributed by atoms with Gasteiger partial charge in [0.15, 0.2) is 5.17 Å². The predicted molar refractivity (Wildman–Crippen MR) is 139 cm³/mol. The molecule has 2 atom stereocenters. The van der Waals surface area contributed by atoms with Crippen LogP contribution in [0.3, 0.4) is 0 Å². The number of halogens is 3. The van der Waals surface area contributed by atoms with E-state index < -0.39 is 23.8 Å². The standard InChI is InChI=1S/C27H30F3N3O5S/c1-4-37-24(35)18-7-6-12-32(14-18)21(34)13-20-15-39-26-31-16(3)22(25(36)38-5-2)23(33(20)26)17-8-10-19(11-9-17)27(28,29)30/h8-11,15,18,23H,4-7,12-14H2,1-3H3/t18-,23-/m0/s1. The highest BCUT2D eigenvalue weighted by Crippen LogP contribution is 2.45. The lowest BCUT2D eigenvalue weighted by Crippen LogP contribution is -2.44. The van der Waals surface area contributed by atoms with Crippen molar-refractivity contribution in [3.05, 3.63) is 57.8 Å². The fraction of sp³-hybridized carbons (Fsp3) is 0.481. The highest BCUT2D eigenvalue weighted by Gasteiger charge is 2.42. The van der Waals surface area contributed by atoms with Crippen LogP contribution in [0.2, 0.25) is 0 Å². The van der Waals surface area contributed by atoms with Crippen LogP contribution in [0.15, 0.2) is 51.6 Å². The Labute approximate surface area is 228 Å². The summed E-state index contributed by atoms with van der Waals surface area (Å²) in [5.74, 6) is -1.54. The molecule has 210 valence electrons. The van der Waals surface area contributed by atoms with Crippen molar-refractivity contribution in [3.63, 3.8) is 0 Å². The van der Waals surface area contributed by atoms with E-state index in [0.717, 1.165) is 12.1 Å². The largest absolute Gasteiger partial charge is 0.466 e. The molecule has 1 amide bonds. The molecule has 1 fully saturated rings. The van der Waals surface area contributed by atoms with Gasteiger partial charge in [-0.2, -0.15) is 13.2 Å². The number of alkyl halides is 3. The third kappa shape index (κ3) is 6.15. The van der Waals surface area contributed by atoms with Gasteiger partial charge >= 0.3 is 18.1 Å². The van der Waals surface area contributed by atoms with E-state index in [9.17, 15) is 27.6 Å². The van der Waals surface area contributed by atoms with Crippen molar-refractivity contribution >= 4 is 34.8 Å². The van der Waals surface area contributed by atoms with Crippen LogP contribution < -0.4 is 0 Å². The first-order valence-corrected chi connectivity index (χ1v) is 13.7. The molecule has 0 aliphatic carbocycles. The van der Waals surface area contributed by atoms with Crippen molar-refractivity contribution in [2.24, 2.45) is 10.9 Å². The molecular formula is C27H30F3N3O5S. The van der Waals surface area contributed by atoms with Gasteiger partial charge in [-0.25, -0.2) is 9.79 Å². The van der Waals surface area contributed by atoms with Crippen LogP contribution in [-0.2, 0) is 30.0 Å². The Kier molecular flexibility index (Phi) is 8.73. The number of hydrogen-bond donors (Lipinski definition) is 0. The summed E-state index contributed by atoms with van der Waals surface area (Å²) in [6.45, 7) is 6.19. The Morgan fingerprint density at radius 1 is 1.10 bits per heavy atom. The molecule has 0 radical (unpaired) electrons. The summed E-state index contributed by atoms with van der Waals surface area (Å²) in [5, 5.41) is 2.28. The molecule has 8 nitrogen and oxygen atoms in total. The summed E-state index contributed by atoms with van der Waals surface area (Å²) >= 11 is 1.27. The first-order chi connectivity index (χ1) is 18.5. The molecule has 0 spiro atoms. The number of nitrogens with zero attached hydrogens (tertiary/aromatic N) is 3. The van der Waals surface area contributed by atoms with E-state index in [1.54, 1.807) is 36.0 Å². The maximum atomic E-state index is 13.4. The molecule has 0 bridgehead atoms. The third-order valence-electron chi connectivity index (χ3n) is 6.78. The molecule has 3 aliphatic rings. The van der Waals surface area contributed by atoms with Crippen molar-refractivity contribution in [3.8, 4) is 0 Å². The number of carbonyl (C=O) groups excluding carboxylic acids is 3. The Hall–Kier alpha value is -3.28. The van der Waals surface area contributed by atoms with Gasteiger partial charge in [-0.05, 0) is 56.7 Å². The number of benzene rings is 1. The number of aliphatic imine (C=N–C) groups is 1. The second kappa shape index (κ2) is 11.8. The van der Waals surface area contributed by atoms with Crippen LogP contribution in [0, 0.1) is 5.92 Å². The minimum atomic E-state index is -4.51. The fourth-order valence-electron chi connectivity index (χ4n) is 4.93. The number of rotatable bonds is 7. The number of thioether (sulfide) groups is 1. The minimum Gasteiger partial charge on any atom is -0.466 e. The van der Waals surface area contributed by atoms with E-state index in [0.29, 0.717) is 41.5 Å². The van der Waals surface area contributed by atoms with Crippen LogP contribution in [0.1, 0.15) is 57.2 Å².